The number of ether oxygens (including phenoxy) is 1. The molecule has 1 aromatic carbocycles. The lowest BCUT2D eigenvalue weighted by Gasteiger charge is -2.44. The van der Waals surface area contributed by atoms with Gasteiger partial charge in [-0.05, 0) is 61.6 Å². The molecular weight excluding hydrogens is 242 g/mol. The van der Waals surface area contributed by atoms with E-state index < -0.39 is 0 Å². The number of nitrogens with one attached hydrogen (secondary N) is 1. The average molecular weight is 263 g/mol. The molecule has 2 atom stereocenters. The Kier molecular flexibility index (Phi) is 3.29. The van der Waals surface area contributed by atoms with Gasteiger partial charge in [-0.2, -0.15) is 0 Å². The minimum atomic E-state index is 0.164. The summed E-state index contributed by atoms with van der Waals surface area (Å²) >= 11 is 2.09. The summed E-state index contributed by atoms with van der Waals surface area (Å²) < 4.78 is 5.35. The molecule has 1 heterocycles. The van der Waals surface area contributed by atoms with Gasteiger partial charge in [0.1, 0.15) is 5.75 Å². The van der Waals surface area contributed by atoms with E-state index in [0.717, 1.165) is 5.75 Å². The highest BCUT2D eigenvalue weighted by Gasteiger charge is 2.40. The maximum Gasteiger partial charge on any atom is 0.119 e. The summed E-state index contributed by atoms with van der Waals surface area (Å²) in [5.41, 5.74) is 2.96. The van der Waals surface area contributed by atoms with Crippen LogP contribution < -0.4 is 10.1 Å². The summed E-state index contributed by atoms with van der Waals surface area (Å²) in [4.78, 5) is 0.164. The molecule has 1 fully saturated rings. The van der Waals surface area contributed by atoms with E-state index in [1.54, 1.807) is 7.11 Å². The zero-order valence-corrected chi connectivity index (χ0v) is 12.0. The lowest BCUT2D eigenvalue weighted by Crippen LogP contribution is -2.50. The van der Waals surface area contributed by atoms with Crippen molar-refractivity contribution in [2.45, 2.75) is 43.5 Å². The third-order valence-electron chi connectivity index (χ3n) is 4.10. The highest BCUT2D eigenvalue weighted by atomic mass is 32.2. The maximum absolute atomic E-state index is 5.35. The molecule has 0 radical (unpaired) electrons. The Morgan fingerprint density at radius 2 is 2.33 bits per heavy atom. The Hall–Kier alpha value is -0.670. The summed E-state index contributed by atoms with van der Waals surface area (Å²) in [5, 5.41) is 3.85. The highest BCUT2D eigenvalue weighted by Crippen LogP contribution is 2.47. The Balaban J connectivity index is 2.00. The van der Waals surface area contributed by atoms with Crippen LogP contribution in [0, 0.1) is 0 Å². The number of hydrogen-bond donors (Lipinski definition) is 1. The third-order valence-corrected chi connectivity index (χ3v) is 5.58. The van der Waals surface area contributed by atoms with E-state index in [9.17, 15) is 0 Å². The van der Waals surface area contributed by atoms with Gasteiger partial charge in [-0.15, -0.1) is 11.8 Å². The van der Waals surface area contributed by atoms with Crippen LogP contribution in [0.15, 0.2) is 18.2 Å². The Morgan fingerprint density at radius 1 is 1.44 bits per heavy atom. The Morgan fingerprint density at radius 3 is 3.11 bits per heavy atom. The molecule has 0 saturated carbocycles. The quantitative estimate of drug-likeness (QED) is 0.840. The first-order valence-corrected chi connectivity index (χ1v) is 7.81. The number of aryl methyl sites for hydroxylation is 1. The molecule has 1 N–H and O–H groups in total. The van der Waals surface area contributed by atoms with E-state index >= 15 is 0 Å². The first-order chi connectivity index (χ1) is 8.73. The van der Waals surface area contributed by atoms with Crippen LogP contribution in [0.4, 0.5) is 0 Å². The van der Waals surface area contributed by atoms with Gasteiger partial charge in [0.2, 0.25) is 0 Å². The summed E-state index contributed by atoms with van der Waals surface area (Å²) in [5.74, 6) is 2.25. The molecule has 98 valence electrons. The number of rotatable bonds is 1. The van der Waals surface area contributed by atoms with Gasteiger partial charge < -0.3 is 4.74 Å². The number of benzene rings is 1. The molecule has 2 nitrogen and oxygen atoms in total. The van der Waals surface area contributed by atoms with Gasteiger partial charge in [-0.25, -0.2) is 0 Å². The van der Waals surface area contributed by atoms with Gasteiger partial charge in [0.15, 0.2) is 0 Å². The van der Waals surface area contributed by atoms with Crippen molar-refractivity contribution >= 4 is 11.8 Å². The molecule has 2 aliphatic rings. The van der Waals surface area contributed by atoms with Crippen molar-refractivity contribution in [2.75, 3.05) is 12.9 Å². The van der Waals surface area contributed by atoms with Gasteiger partial charge in [0.25, 0.3) is 0 Å². The van der Waals surface area contributed by atoms with Crippen molar-refractivity contribution in [3.8, 4) is 5.75 Å². The minimum Gasteiger partial charge on any atom is -0.497 e. The van der Waals surface area contributed by atoms with Crippen molar-refractivity contribution in [1.82, 2.24) is 5.32 Å². The second kappa shape index (κ2) is 4.78. The molecule has 1 aliphatic carbocycles. The van der Waals surface area contributed by atoms with Crippen molar-refractivity contribution in [1.29, 1.82) is 0 Å². The molecular formula is C15H21NOS. The molecule has 18 heavy (non-hydrogen) atoms. The number of fused-ring (bicyclic) bond motifs is 2. The van der Waals surface area contributed by atoms with E-state index in [4.69, 9.17) is 4.74 Å². The first-order valence-electron chi connectivity index (χ1n) is 6.82. The molecule has 1 spiro atoms. The summed E-state index contributed by atoms with van der Waals surface area (Å²) in [6.07, 6.45) is 4.98. The lowest BCUT2D eigenvalue weighted by atomic mass is 9.86. The van der Waals surface area contributed by atoms with Gasteiger partial charge in [-0.1, -0.05) is 6.07 Å². The van der Waals surface area contributed by atoms with Gasteiger partial charge in [0, 0.05) is 6.04 Å². The van der Waals surface area contributed by atoms with Crippen molar-refractivity contribution in [3.63, 3.8) is 0 Å². The summed E-state index contributed by atoms with van der Waals surface area (Å²) in [7, 11) is 1.75. The number of hydrogen-bond acceptors (Lipinski definition) is 3. The van der Waals surface area contributed by atoms with Crippen LogP contribution in [-0.4, -0.2) is 18.9 Å². The molecule has 0 aromatic heterocycles. The SMILES string of the molecule is COc1ccc2c(c1)CCCC21NC(C)CCS1. The molecule has 1 aliphatic heterocycles. The summed E-state index contributed by atoms with van der Waals surface area (Å²) in [6, 6.07) is 7.22. The lowest BCUT2D eigenvalue weighted by molar-refractivity contribution is 0.351. The standard InChI is InChI=1S/C15H21NOS/c1-11-7-9-18-15(16-11)8-3-4-12-10-13(17-2)5-6-14(12)15/h5-6,10-11,16H,3-4,7-9H2,1-2H3. The zero-order valence-electron chi connectivity index (χ0n) is 11.2. The van der Waals surface area contributed by atoms with Gasteiger partial charge >= 0.3 is 0 Å². The van der Waals surface area contributed by atoms with E-state index in [1.807, 2.05) is 0 Å². The van der Waals surface area contributed by atoms with Crippen LogP contribution in [0.5, 0.6) is 5.75 Å². The average Bonchev–Trinajstić information content (AvgIpc) is 2.38. The second-order valence-corrected chi connectivity index (χ2v) is 6.78. The Labute approximate surface area is 113 Å². The van der Waals surface area contributed by atoms with Crippen LogP contribution in [0.3, 0.4) is 0 Å². The van der Waals surface area contributed by atoms with E-state index in [2.05, 4.69) is 42.2 Å². The second-order valence-electron chi connectivity index (χ2n) is 5.39. The van der Waals surface area contributed by atoms with Crippen molar-refractivity contribution in [2.24, 2.45) is 0 Å². The molecule has 3 rings (SSSR count). The zero-order chi connectivity index (χ0) is 12.6. The minimum absolute atomic E-state index is 0.164. The summed E-state index contributed by atoms with van der Waals surface area (Å²) in [6.45, 7) is 2.30. The first kappa shape index (κ1) is 12.4. The fourth-order valence-corrected chi connectivity index (χ4v) is 4.93. The normalized spacial score (nSPS) is 31.1. The van der Waals surface area contributed by atoms with Crippen LogP contribution in [0.25, 0.3) is 0 Å². The fourth-order valence-electron chi connectivity index (χ4n) is 3.18. The van der Waals surface area contributed by atoms with Crippen LogP contribution in [-0.2, 0) is 11.3 Å². The molecule has 3 heteroatoms. The maximum atomic E-state index is 5.35. The van der Waals surface area contributed by atoms with Crippen LogP contribution in [0.2, 0.25) is 0 Å². The largest absolute Gasteiger partial charge is 0.497 e. The van der Waals surface area contributed by atoms with Crippen LogP contribution in [0.1, 0.15) is 37.3 Å². The van der Waals surface area contributed by atoms with Gasteiger partial charge in [0.05, 0.1) is 12.0 Å². The van der Waals surface area contributed by atoms with Gasteiger partial charge in [-0.3, -0.25) is 5.32 Å². The predicted molar refractivity (Wildman–Crippen MR) is 77.3 cm³/mol. The number of thioether (sulfide) groups is 1. The molecule has 0 bridgehead atoms. The smallest absolute Gasteiger partial charge is 0.119 e. The molecule has 1 saturated heterocycles. The van der Waals surface area contributed by atoms with Crippen molar-refractivity contribution < 1.29 is 4.74 Å². The predicted octanol–water partition coefficient (Wildman–Crippen LogP) is 3.30. The molecule has 0 amide bonds. The Bertz CT molecular complexity index is 448. The van der Waals surface area contributed by atoms with Crippen molar-refractivity contribution in [3.05, 3.63) is 29.3 Å². The highest BCUT2D eigenvalue weighted by molar-refractivity contribution is 8.00. The monoisotopic (exact) mass is 263 g/mol. The topological polar surface area (TPSA) is 21.3 Å². The van der Waals surface area contributed by atoms with E-state index in [0.29, 0.717) is 6.04 Å². The fraction of sp³-hybridized carbons (Fsp3) is 0.600. The third kappa shape index (κ3) is 2.04. The molecule has 2 unspecified atom stereocenters. The van der Waals surface area contributed by atoms with E-state index in [1.165, 1.54) is 42.6 Å². The van der Waals surface area contributed by atoms with E-state index in [-0.39, 0.29) is 4.87 Å². The molecule has 1 aromatic rings. The van der Waals surface area contributed by atoms with Crippen LogP contribution >= 0.6 is 11.8 Å². The number of methoxy groups -OCH3 is 1.